The molecule has 0 heterocycles. The maximum absolute atomic E-state index is 4.09. The lowest BCUT2D eigenvalue weighted by atomic mass is 9.69. The van der Waals surface area contributed by atoms with Gasteiger partial charge in [-0.3, -0.25) is 0 Å². The van der Waals surface area contributed by atoms with Gasteiger partial charge in [0.05, 0.1) is 0 Å². The molecule has 0 aromatic heterocycles. The van der Waals surface area contributed by atoms with E-state index in [1.165, 1.54) is 32.1 Å². The zero-order chi connectivity index (χ0) is 13.1. The second kappa shape index (κ2) is 3.98. The summed E-state index contributed by atoms with van der Waals surface area (Å²) in [5, 5.41) is 4.09. The maximum Gasteiger partial charge on any atom is 0.0132 e. The predicted octanol–water partition coefficient (Wildman–Crippen LogP) is 4.23. The van der Waals surface area contributed by atoms with Crippen LogP contribution in [0.1, 0.15) is 66.7 Å². The van der Waals surface area contributed by atoms with Gasteiger partial charge in [-0.25, -0.2) is 0 Å². The van der Waals surface area contributed by atoms with Crippen molar-refractivity contribution in [3.05, 3.63) is 0 Å². The molecule has 2 bridgehead atoms. The quantitative estimate of drug-likeness (QED) is 0.772. The summed E-state index contributed by atoms with van der Waals surface area (Å²) in [7, 11) is 0. The molecule has 0 aromatic rings. The van der Waals surface area contributed by atoms with Crippen molar-refractivity contribution in [2.75, 3.05) is 0 Å². The lowest BCUT2D eigenvalue weighted by Gasteiger charge is -2.41. The van der Waals surface area contributed by atoms with E-state index in [0.717, 1.165) is 29.8 Å². The van der Waals surface area contributed by atoms with E-state index >= 15 is 0 Å². The fourth-order valence-electron chi connectivity index (χ4n) is 5.31. The molecule has 3 aliphatic rings. The fourth-order valence-corrected chi connectivity index (χ4v) is 5.31. The summed E-state index contributed by atoms with van der Waals surface area (Å²) < 4.78 is 0. The molecule has 104 valence electrons. The number of fused-ring (bicyclic) bond motifs is 2. The van der Waals surface area contributed by atoms with Gasteiger partial charge in [0, 0.05) is 12.1 Å². The Hall–Kier alpha value is -0.0400. The molecule has 3 fully saturated rings. The van der Waals surface area contributed by atoms with Crippen LogP contribution >= 0.6 is 0 Å². The van der Waals surface area contributed by atoms with Crippen molar-refractivity contribution in [1.29, 1.82) is 0 Å². The van der Waals surface area contributed by atoms with E-state index < -0.39 is 0 Å². The van der Waals surface area contributed by atoms with E-state index in [4.69, 9.17) is 0 Å². The smallest absolute Gasteiger partial charge is 0.0132 e. The average molecular weight is 249 g/mol. The van der Waals surface area contributed by atoms with Gasteiger partial charge in [-0.1, -0.05) is 34.6 Å². The molecule has 3 aliphatic carbocycles. The Morgan fingerprint density at radius 1 is 1.00 bits per heavy atom. The minimum absolute atomic E-state index is 0.545. The highest BCUT2D eigenvalue weighted by Crippen LogP contribution is 2.65. The predicted molar refractivity (Wildman–Crippen MR) is 77.5 cm³/mol. The first-order chi connectivity index (χ1) is 8.36. The SMILES string of the molecule is CC1CCC(NC2CC3CCC2(C)C3(C)C)C1C. The van der Waals surface area contributed by atoms with Crippen LogP contribution in [-0.4, -0.2) is 12.1 Å². The lowest BCUT2D eigenvalue weighted by Crippen LogP contribution is -2.49. The lowest BCUT2D eigenvalue weighted by molar-refractivity contribution is 0.111. The summed E-state index contributed by atoms with van der Waals surface area (Å²) in [5.74, 6) is 2.76. The van der Waals surface area contributed by atoms with Crippen LogP contribution in [-0.2, 0) is 0 Å². The number of rotatable bonds is 2. The van der Waals surface area contributed by atoms with Gasteiger partial charge in [-0.2, -0.15) is 0 Å². The molecule has 0 aliphatic heterocycles. The molecule has 6 unspecified atom stereocenters. The first-order valence-electron chi connectivity index (χ1n) is 8.12. The molecular formula is C17H31N. The molecular weight excluding hydrogens is 218 g/mol. The summed E-state index contributed by atoms with van der Waals surface area (Å²) in [6.45, 7) is 12.5. The van der Waals surface area contributed by atoms with Crippen LogP contribution in [0.4, 0.5) is 0 Å². The van der Waals surface area contributed by atoms with Gasteiger partial charge in [-0.05, 0) is 60.7 Å². The van der Waals surface area contributed by atoms with Crippen LogP contribution in [0.2, 0.25) is 0 Å². The highest BCUT2D eigenvalue weighted by molar-refractivity contribution is 5.13. The minimum Gasteiger partial charge on any atom is -0.310 e. The first-order valence-corrected chi connectivity index (χ1v) is 8.12. The summed E-state index contributed by atoms with van der Waals surface area (Å²) >= 11 is 0. The van der Waals surface area contributed by atoms with E-state index in [0.29, 0.717) is 10.8 Å². The highest BCUT2D eigenvalue weighted by atomic mass is 15.0. The minimum atomic E-state index is 0.545. The third-order valence-electron chi connectivity index (χ3n) is 7.67. The second-order valence-corrected chi connectivity index (χ2v) is 8.35. The van der Waals surface area contributed by atoms with Crippen molar-refractivity contribution in [2.45, 2.75) is 78.8 Å². The maximum atomic E-state index is 4.09. The van der Waals surface area contributed by atoms with Gasteiger partial charge >= 0.3 is 0 Å². The Kier molecular flexibility index (Phi) is 2.86. The van der Waals surface area contributed by atoms with E-state index in [1.54, 1.807) is 0 Å². The Morgan fingerprint density at radius 3 is 2.17 bits per heavy atom. The summed E-state index contributed by atoms with van der Waals surface area (Å²) in [6, 6.07) is 1.57. The highest BCUT2D eigenvalue weighted by Gasteiger charge is 2.61. The number of hydrogen-bond acceptors (Lipinski definition) is 1. The van der Waals surface area contributed by atoms with Crippen LogP contribution in [0.25, 0.3) is 0 Å². The largest absolute Gasteiger partial charge is 0.310 e. The molecule has 1 nitrogen and oxygen atoms in total. The van der Waals surface area contributed by atoms with Crippen LogP contribution in [0.15, 0.2) is 0 Å². The van der Waals surface area contributed by atoms with Crippen molar-refractivity contribution in [3.63, 3.8) is 0 Å². The average Bonchev–Trinajstić information content (AvgIpc) is 2.80. The molecule has 0 spiro atoms. The Bertz CT molecular complexity index is 335. The van der Waals surface area contributed by atoms with Gasteiger partial charge in [0.1, 0.15) is 0 Å². The topological polar surface area (TPSA) is 12.0 Å². The van der Waals surface area contributed by atoms with Gasteiger partial charge in [-0.15, -0.1) is 0 Å². The Morgan fingerprint density at radius 2 is 1.72 bits per heavy atom. The zero-order valence-electron chi connectivity index (χ0n) is 12.9. The molecule has 0 saturated heterocycles. The fraction of sp³-hybridized carbons (Fsp3) is 1.00. The second-order valence-electron chi connectivity index (χ2n) is 8.35. The van der Waals surface area contributed by atoms with Gasteiger partial charge in [0.15, 0.2) is 0 Å². The van der Waals surface area contributed by atoms with Gasteiger partial charge < -0.3 is 5.32 Å². The number of hydrogen-bond donors (Lipinski definition) is 1. The van der Waals surface area contributed by atoms with Gasteiger partial charge in [0.2, 0.25) is 0 Å². The summed E-state index contributed by atoms with van der Waals surface area (Å²) in [6.07, 6.45) is 7.17. The van der Waals surface area contributed by atoms with Crippen LogP contribution in [0.5, 0.6) is 0 Å². The van der Waals surface area contributed by atoms with E-state index in [9.17, 15) is 0 Å². The van der Waals surface area contributed by atoms with E-state index in [2.05, 4.69) is 39.9 Å². The molecule has 1 heteroatoms. The van der Waals surface area contributed by atoms with Crippen molar-refractivity contribution < 1.29 is 0 Å². The van der Waals surface area contributed by atoms with Crippen LogP contribution < -0.4 is 5.32 Å². The molecule has 0 radical (unpaired) electrons. The molecule has 3 rings (SSSR count). The zero-order valence-corrected chi connectivity index (χ0v) is 12.9. The van der Waals surface area contributed by atoms with Crippen LogP contribution in [0.3, 0.4) is 0 Å². The van der Waals surface area contributed by atoms with Crippen molar-refractivity contribution >= 4 is 0 Å². The molecule has 0 aromatic carbocycles. The van der Waals surface area contributed by atoms with Crippen LogP contribution in [0, 0.1) is 28.6 Å². The van der Waals surface area contributed by atoms with Crippen molar-refractivity contribution in [1.82, 2.24) is 5.32 Å². The third-order valence-corrected chi connectivity index (χ3v) is 7.67. The first kappa shape index (κ1) is 13.0. The molecule has 18 heavy (non-hydrogen) atoms. The third kappa shape index (κ3) is 1.55. The summed E-state index contributed by atoms with van der Waals surface area (Å²) in [5.41, 5.74) is 1.10. The molecule has 3 saturated carbocycles. The molecule has 0 amide bonds. The van der Waals surface area contributed by atoms with Crippen molar-refractivity contribution in [3.8, 4) is 0 Å². The molecule has 6 atom stereocenters. The Labute approximate surface area is 113 Å². The summed E-state index contributed by atoms with van der Waals surface area (Å²) in [4.78, 5) is 0. The molecule has 1 N–H and O–H groups in total. The van der Waals surface area contributed by atoms with Gasteiger partial charge in [0.25, 0.3) is 0 Å². The standard InChI is InChI=1S/C17H31N/c1-11-6-7-14(12(11)2)18-15-10-13-8-9-17(15,5)16(13,3)4/h11-15,18H,6-10H2,1-5H3. The van der Waals surface area contributed by atoms with E-state index in [1.807, 2.05) is 0 Å². The van der Waals surface area contributed by atoms with Crippen molar-refractivity contribution in [2.24, 2.45) is 28.6 Å². The monoisotopic (exact) mass is 249 g/mol. The van der Waals surface area contributed by atoms with E-state index in [-0.39, 0.29) is 0 Å². The number of nitrogens with one attached hydrogen (secondary N) is 1. The normalized spacial score (nSPS) is 54.2. The Balaban J connectivity index is 1.72.